The summed E-state index contributed by atoms with van der Waals surface area (Å²) in [5.41, 5.74) is 4.13. The second-order valence-electron chi connectivity index (χ2n) is 7.00. The zero-order valence-electron chi connectivity index (χ0n) is 14.8. The Balaban J connectivity index is 2.15. The summed E-state index contributed by atoms with van der Waals surface area (Å²) in [4.78, 5) is 2.73. The third-order valence-electron chi connectivity index (χ3n) is 3.92. The molecule has 126 valence electrons. The van der Waals surface area contributed by atoms with Gasteiger partial charge in [-0.05, 0) is 47.9 Å². The maximum absolute atomic E-state index is 10.8. The van der Waals surface area contributed by atoms with Crippen LogP contribution in [0, 0.1) is 6.92 Å². The lowest BCUT2D eigenvalue weighted by atomic mass is 9.85. The summed E-state index contributed by atoms with van der Waals surface area (Å²) in [7, 11) is 0. The fourth-order valence-electron chi connectivity index (χ4n) is 2.74. The van der Waals surface area contributed by atoms with Crippen LogP contribution in [0.4, 0.5) is 0 Å². The van der Waals surface area contributed by atoms with Crippen LogP contribution in [-0.2, 0) is 5.41 Å². The van der Waals surface area contributed by atoms with E-state index in [1.165, 1.54) is 4.90 Å². The zero-order valence-corrected chi connectivity index (χ0v) is 15.6. The first-order valence-electron chi connectivity index (χ1n) is 8.14. The summed E-state index contributed by atoms with van der Waals surface area (Å²) in [6, 6.07) is 10.0. The number of aryl methyl sites for hydroxylation is 1. The van der Waals surface area contributed by atoms with Gasteiger partial charge in [0, 0.05) is 10.5 Å². The molecule has 1 aromatic heterocycles. The van der Waals surface area contributed by atoms with Gasteiger partial charge in [0.2, 0.25) is 0 Å². The molecule has 0 atom stereocenters. The molecule has 0 spiro atoms. The quantitative estimate of drug-likeness (QED) is 0.692. The van der Waals surface area contributed by atoms with E-state index in [4.69, 9.17) is 0 Å². The minimum Gasteiger partial charge on any atom is -0.505 e. The largest absolute Gasteiger partial charge is 0.505 e. The van der Waals surface area contributed by atoms with Crippen molar-refractivity contribution in [2.75, 3.05) is 5.75 Å². The second-order valence-corrected chi connectivity index (χ2v) is 8.34. The number of hydrogen-bond donors (Lipinski definition) is 1. The molecule has 3 aromatic rings. The van der Waals surface area contributed by atoms with E-state index >= 15 is 0 Å². The van der Waals surface area contributed by atoms with Crippen LogP contribution in [0.1, 0.15) is 38.8 Å². The van der Waals surface area contributed by atoms with Crippen molar-refractivity contribution in [2.45, 2.75) is 44.9 Å². The summed E-state index contributed by atoms with van der Waals surface area (Å²) >= 11 is 1.78. The van der Waals surface area contributed by atoms with Crippen molar-refractivity contribution in [3.63, 3.8) is 0 Å². The molecule has 2 aromatic carbocycles. The highest BCUT2D eigenvalue weighted by molar-refractivity contribution is 7.99. The lowest BCUT2D eigenvalue weighted by Crippen LogP contribution is -2.13. The molecule has 3 rings (SSSR count). The molecule has 0 aliphatic carbocycles. The number of aromatic hydroxyl groups is 1. The zero-order chi connectivity index (χ0) is 17.5. The van der Waals surface area contributed by atoms with Crippen molar-refractivity contribution in [3.8, 4) is 11.4 Å². The number of benzene rings is 2. The van der Waals surface area contributed by atoms with Gasteiger partial charge in [0.1, 0.15) is 22.5 Å². The normalized spacial score (nSPS) is 12.0. The first kappa shape index (κ1) is 16.8. The van der Waals surface area contributed by atoms with Gasteiger partial charge in [0.25, 0.3) is 0 Å². The molecule has 0 aliphatic rings. The van der Waals surface area contributed by atoms with Crippen LogP contribution in [0.15, 0.2) is 35.2 Å². The molecule has 0 radical (unpaired) electrons. The Morgan fingerprint density at radius 1 is 1.08 bits per heavy atom. The molecule has 1 heterocycles. The molecular weight excluding hydrogens is 318 g/mol. The highest BCUT2D eigenvalue weighted by Gasteiger charge is 2.22. The average Bonchev–Trinajstić information content (AvgIpc) is 2.91. The van der Waals surface area contributed by atoms with Crippen LogP contribution in [-0.4, -0.2) is 25.9 Å². The number of hydrogen-bond acceptors (Lipinski definition) is 4. The Morgan fingerprint density at radius 3 is 2.46 bits per heavy atom. The van der Waals surface area contributed by atoms with Crippen LogP contribution in [0.3, 0.4) is 0 Å². The summed E-state index contributed by atoms with van der Waals surface area (Å²) in [6.45, 7) is 10.4. The molecular formula is C19H23N3OS. The Bertz CT molecular complexity index is 893. The van der Waals surface area contributed by atoms with Gasteiger partial charge in [-0.25, -0.2) is 0 Å². The second kappa shape index (κ2) is 6.13. The molecule has 0 saturated heterocycles. The predicted molar refractivity (Wildman–Crippen MR) is 100 cm³/mol. The van der Waals surface area contributed by atoms with Crippen LogP contribution in [0.5, 0.6) is 5.75 Å². The van der Waals surface area contributed by atoms with Crippen molar-refractivity contribution in [1.82, 2.24) is 15.0 Å². The first-order valence-corrected chi connectivity index (χ1v) is 9.12. The molecule has 1 N–H and O–H groups in total. The molecule has 4 nitrogen and oxygen atoms in total. The Labute approximate surface area is 146 Å². The minimum absolute atomic E-state index is 0.150. The number of nitrogens with zero attached hydrogens (tertiary/aromatic N) is 3. The standard InChI is InChI=1S/C19H23N3OS/c1-6-24-13-7-8-15-16(11-13)21-22(20-15)17-10-12(2)9-14(18(17)23)19(3,4)5/h7-11,23H,6H2,1-5H3. The predicted octanol–water partition coefficient (Wildman–Crippen LogP) is 4.84. The van der Waals surface area contributed by atoms with Crippen molar-refractivity contribution in [2.24, 2.45) is 0 Å². The number of thioether (sulfide) groups is 1. The third-order valence-corrected chi connectivity index (χ3v) is 4.80. The SMILES string of the molecule is CCSc1ccc2nn(-c3cc(C)cc(C(C)(C)C)c3O)nc2c1. The molecule has 0 unspecified atom stereocenters. The minimum atomic E-state index is -0.150. The van der Waals surface area contributed by atoms with E-state index in [-0.39, 0.29) is 11.2 Å². The molecule has 0 amide bonds. The van der Waals surface area contributed by atoms with Crippen LogP contribution >= 0.6 is 11.8 Å². The van der Waals surface area contributed by atoms with Gasteiger partial charge in [-0.1, -0.05) is 33.8 Å². The van der Waals surface area contributed by atoms with Crippen LogP contribution in [0.25, 0.3) is 16.7 Å². The lowest BCUT2D eigenvalue weighted by Gasteiger charge is -2.22. The monoisotopic (exact) mass is 341 g/mol. The summed E-state index contributed by atoms with van der Waals surface area (Å²) in [5, 5.41) is 19.9. The van der Waals surface area contributed by atoms with E-state index in [1.807, 2.05) is 31.2 Å². The number of phenols is 1. The number of aromatic nitrogens is 3. The van der Waals surface area contributed by atoms with Crippen molar-refractivity contribution >= 4 is 22.8 Å². The topological polar surface area (TPSA) is 50.9 Å². The van der Waals surface area contributed by atoms with Gasteiger partial charge in [-0.15, -0.1) is 26.8 Å². The molecule has 0 aliphatic heterocycles. The smallest absolute Gasteiger partial charge is 0.146 e. The Hall–Kier alpha value is -2.01. The third kappa shape index (κ3) is 3.13. The Kier molecular flexibility index (Phi) is 4.30. The van der Waals surface area contributed by atoms with E-state index in [1.54, 1.807) is 16.6 Å². The van der Waals surface area contributed by atoms with Gasteiger partial charge in [-0.2, -0.15) is 0 Å². The maximum Gasteiger partial charge on any atom is 0.146 e. The van der Waals surface area contributed by atoms with Crippen LogP contribution in [0.2, 0.25) is 0 Å². The van der Waals surface area contributed by atoms with E-state index in [9.17, 15) is 5.11 Å². The van der Waals surface area contributed by atoms with E-state index in [0.29, 0.717) is 5.69 Å². The highest BCUT2D eigenvalue weighted by Crippen LogP contribution is 2.36. The van der Waals surface area contributed by atoms with Gasteiger partial charge < -0.3 is 5.11 Å². The van der Waals surface area contributed by atoms with Crippen molar-refractivity contribution in [1.29, 1.82) is 0 Å². The van der Waals surface area contributed by atoms with Crippen LogP contribution < -0.4 is 0 Å². The van der Waals surface area contributed by atoms with Crippen molar-refractivity contribution in [3.05, 3.63) is 41.5 Å². The van der Waals surface area contributed by atoms with E-state index < -0.39 is 0 Å². The Morgan fingerprint density at radius 2 is 1.79 bits per heavy atom. The van der Waals surface area contributed by atoms with E-state index in [0.717, 1.165) is 27.9 Å². The molecule has 5 heteroatoms. The number of fused-ring (bicyclic) bond motifs is 1. The fraction of sp³-hybridized carbons (Fsp3) is 0.368. The summed E-state index contributed by atoms with van der Waals surface area (Å²) in [5.74, 6) is 1.27. The van der Waals surface area contributed by atoms with Gasteiger partial charge >= 0.3 is 0 Å². The van der Waals surface area contributed by atoms with Crippen molar-refractivity contribution < 1.29 is 5.11 Å². The first-order chi connectivity index (χ1) is 11.3. The molecule has 0 saturated carbocycles. The fourth-order valence-corrected chi connectivity index (χ4v) is 3.43. The highest BCUT2D eigenvalue weighted by atomic mass is 32.2. The molecule has 0 fully saturated rings. The molecule has 24 heavy (non-hydrogen) atoms. The maximum atomic E-state index is 10.8. The average molecular weight is 341 g/mol. The number of rotatable bonds is 3. The van der Waals surface area contributed by atoms with Gasteiger partial charge in [0.05, 0.1) is 0 Å². The van der Waals surface area contributed by atoms with E-state index in [2.05, 4.69) is 44.0 Å². The summed E-state index contributed by atoms with van der Waals surface area (Å²) < 4.78 is 0. The number of phenolic OH excluding ortho intramolecular Hbond substituents is 1. The van der Waals surface area contributed by atoms with Gasteiger partial charge in [-0.3, -0.25) is 0 Å². The molecule has 0 bridgehead atoms. The summed E-state index contributed by atoms with van der Waals surface area (Å²) in [6.07, 6.45) is 0. The van der Waals surface area contributed by atoms with Gasteiger partial charge in [0.15, 0.2) is 0 Å². The lowest BCUT2D eigenvalue weighted by molar-refractivity contribution is 0.440.